The van der Waals surface area contributed by atoms with E-state index in [1.165, 1.54) is 0 Å². The summed E-state index contributed by atoms with van der Waals surface area (Å²) < 4.78 is 1.70. The van der Waals surface area contributed by atoms with Gasteiger partial charge in [-0.05, 0) is 52.2 Å². The lowest BCUT2D eigenvalue weighted by atomic mass is 10.1. The lowest BCUT2D eigenvalue weighted by Gasteiger charge is -2.09. The van der Waals surface area contributed by atoms with Crippen molar-refractivity contribution < 1.29 is 0 Å². The van der Waals surface area contributed by atoms with Gasteiger partial charge >= 0.3 is 0 Å². The third kappa shape index (κ3) is 3.27. The van der Waals surface area contributed by atoms with Gasteiger partial charge in [-0.3, -0.25) is 0 Å². The first-order chi connectivity index (χ1) is 7.97. The summed E-state index contributed by atoms with van der Waals surface area (Å²) in [5, 5.41) is 0.756. The van der Waals surface area contributed by atoms with Crippen molar-refractivity contribution in [3.8, 4) is 0 Å². The van der Waals surface area contributed by atoms with Crippen molar-refractivity contribution >= 4 is 66.4 Å². The highest BCUT2D eigenvalue weighted by atomic mass is 79.9. The van der Waals surface area contributed by atoms with Gasteiger partial charge in [-0.1, -0.05) is 45.2 Å². The summed E-state index contributed by atoms with van der Waals surface area (Å²) in [7, 11) is 0. The highest BCUT2D eigenvalue weighted by Gasteiger charge is 2.15. The van der Waals surface area contributed by atoms with Crippen LogP contribution >= 0.6 is 66.4 Å². The van der Waals surface area contributed by atoms with E-state index in [0.717, 1.165) is 29.8 Å². The first kappa shape index (κ1) is 13.9. The number of benzene rings is 1. The Balaban J connectivity index is 2.39. The van der Waals surface area contributed by atoms with Crippen molar-refractivity contribution in [1.82, 2.24) is 0 Å². The maximum Gasteiger partial charge on any atom is 0.107 e. The van der Waals surface area contributed by atoms with Gasteiger partial charge in [0.15, 0.2) is 0 Å². The summed E-state index contributed by atoms with van der Waals surface area (Å²) in [6, 6.07) is 8.06. The Kier molecular flexibility index (Phi) is 4.59. The summed E-state index contributed by atoms with van der Waals surface area (Å²) in [4.78, 5) is 1.28. The zero-order chi connectivity index (χ0) is 12.6. The van der Waals surface area contributed by atoms with Crippen LogP contribution in [-0.2, 0) is 0 Å². The Hall–Kier alpha value is 0.460. The molecule has 0 amide bonds. The molecule has 0 N–H and O–H groups in total. The number of halogens is 4. The van der Waals surface area contributed by atoms with Gasteiger partial charge < -0.3 is 0 Å². The van der Waals surface area contributed by atoms with Crippen molar-refractivity contribution in [2.24, 2.45) is 0 Å². The number of thiophene rings is 1. The van der Waals surface area contributed by atoms with Crippen LogP contribution in [0.3, 0.4) is 0 Å². The van der Waals surface area contributed by atoms with Crippen molar-refractivity contribution in [3.63, 3.8) is 0 Å². The van der Waals surface area contributed by atoms with Gasteiger partial charge in [0, 0.05) is 14.4 Å². The van der Waals surface area contributed by atoms with Gasteiger partial charge in [0.2, 0.25) is 0 Å². The number of alkyl halides is 1. The minimum absolute atomic E-state index is 0.119. The van der Waals surface area contributed by atoms with E-state index in [1.54, 1.807) is 11.3 Å². The number of hydrogen-bond acceptors (Lipinski definition) is 1. The minimum atomic E-state index is 0.119. The van der Waals surface area contributed by atoms with E-state index < -0.39 is 0 Å². The zero-order valence-electron chi connectivity index (χ0n) is 8.81. The Morgan fingerprint density at radius 2 is 1.88 bits per heavy atom. The average Bonchev–Trinajstić information content (AvgIpc) is 2.57. The van der Waals surface area contributed by atoms with E-state index in [0.29, 0.717) is 0 Å². The second-order valence-electron chi connectivity index (χ2n) is 3.69. The van der Waals surface area contributed by atoms with E-state index in [-0.39, 0.29) is 4.83 Å². The molecule has 2 aromatic rings. The molecule has 17 heavy (non-hydrogen) atoms. The minimum Gasteiger partial charge on any atom is -0.126 e. The standard InChI is InChI=1S/C12H8Br2Cl2S/c1-6-2-7(4-8(15)3-6)11(14)10-5-9(13)12(16)17-10/h2-5,11H,1H3. The summed E-state index contributed by atoms with van der Waals surface area (Å²) in [6.45, 7) is 2.03. The molecule has 0 aliphatic heterocycles. The van der Waals surface area contributed by atoms with Crippen molar-refractivity contribution in [2.45, 2.75) is 11.8 Å². The van der Waals surface area contributed by atoms with E-state index in [1.807, 2.05) is 25.1 Å². The third-order valence-electron chi connectivity index (χ3n) is 2.27. The van der Waals surface area contributed by atoms with Crippen LogP contribution < -0.4 is 0 Å². The predicted molar refractivity (Wildman–Crippen MR) is 84.0 cm³/mol. The first-order valence-electron chi connectivity index (χ1n) is 4.83. The molecule has 0 spiro atoms. The summed E-state index contributed by atoms with van der Waals surface area (Å²) in [6.07, 6.45) is 0. The summed E-state index contributed by atoms with van der Waals surface area (Å²) in [5.74, 6) is 0. The smallest absolute Gasteiger partial charge is 0.107 e. The van der Waals surface area contributed by atoms with Crippen LogP contribution in [0.2, 0.25) is 9.36 Å². The monoisotopic (exact) mass is 412 g/mol. The Bertz CT molecular complexity index is 512. The maximum atomic E-state index is 6.07. The van der Waals surface area contributed by atoms with E-state index in [2.05, 4.69) is 37.9 Å². The molecule has 0 fully saturated rings. The van der Waals surface area contributed by atoms with Crippen molar-refractivity contribution in [2.75, 3.05) is 0 Å². The van der Waals surface area contributed by atoms with Crippen molar-refractivity contribution in [1.29, 1.82) is 0 Å². The molecule has 0 aliphatic carbocycles. The largest absolute Gasteiger partial charge is 0.126 e. The first-order valence-corrected chi connectivity index (χ1v) is 8.11. The fourth-order valence-electron chi connectivity index (χ4n) is 1.56. The van der Waals surface area contributed by atoms with Crippen LogP contribution in [0.15, 0.2) is 28.7 Å². The molecule has 1 aromatic carbocycles. The summed E-state index contributed by atoms with van der Waals surface area (Å²) >= 11 is 20.8. The van der Waals surface area contributed by atoms with E-state index in [9.17, 15) is 0 Å². The molecule has 0 bridgehead atoms. The molecule has 1 heterocycles. The number of aryl methyl sites for hydroxylation is 1. The van der Waals surface area contributed by atoms with Gasteiger partial charge in [0.1, 0.15) is 4.34 Å². The number of rotatable bonds is 2. The molecule has 90 valence electrons. The van der Waals surface area contributed by atoms with Gasteiger partial charge in [-0.25, -0.2) is 0 Å². The highest BCUT2D eigenvalue weighted by Crippen LogP contribution is 2.41. The Labute approximate surface area is 131 Å². The zero-order valence-corrected chi connectivity index (χ0v) is 14.3. The second kappa shape index (κ2) is 5.62. The quantitative estimate of drug-likeness (QED) is 0.485. The van der Waals surface area contributed by atoms with Crippen molar-refractivity contribution in [3.05, 3.63) is 54.1 Å². The maximum absolute atomic E-state index is 6.07. The fourth-order valence-corrected chi connectivity index (χ4v) is 4.28. The van der Waals surface area contributed by atoms with Crippen LogP contribution in [-0.4, -0.2) is 0 Å². The molecule has 1 atom stereocenters. The molecule has 1 unspecified atom stereocenters. The third-order valence-corrected chi connectivity index (χ3v) is 6.35. The van der Waals surface area contributed by atoms with Crippen LogP contribution in [0, 0.1) is 6.92 Å². The molecule has 1 aromatic heterocycles. The molecule has 2 rings (SSSR count). The lowest BCUT2D eigenvalue weighted by molar-refractivity contribution is 1.21. The normalized spacial score (nSPS) is 12.8. The van der Waals surface area contributed by atoms with Crippen LogP contribution in [0.4, 0.5) is 0 Å². The molecule has 0 radical (unpaired) electrons. The Morgan fingerprint density at radius 3 is 2.41 bits per heavy atom. The van der Waals surface area contributed by atoms with Gasteiger partial charge in [0.25, 0.3) is 0 Å². The molecule has 0 aliphatic rings. The Morgan fingerprint density at radius 1 is 1.18 bits per heavy atom. The molecular weight excluding hydrogens is 407 g/mol. The van der Waals surface area contributed by atoms with E-state index in [4.69, 9.17) is 23.2 Å². The van der Waals surface area contributed by atoms with Crippen LogP contribution in [0.5, 0.6) is 0 Å². The second-order valence-corrected chi connectivity index (χ2v) is 7.59. The summed E-state index contributed by atoms with van der Waals surface area (Å²) in [5.41, 5.74) is 2.29. The van der Waals surface area contributed by atoms with Gasteiger partial charge in [-0.15, -0.1) is 11.3 Å². The van der Waals surface area contributed by atoms with Gasteiger partial charge in [0.05, 0.1) is 4.83 Å². The SMILES string of the molecule is Cc1cc(Cl)cc(C(Br)c2cc(Br)c(Cl)s2)c1. The fraction of sp³-hybridized carbons (Fsp3) is 0.167. The van der Waals surface area contributed by atoms with Gasteiger partial charge in [-0.2, -0.15) is 0 Å². The average molecular weight is 415 g/mol. The molecular formula is C12H8Br2Cl2S. The van der Waals surface area contributed by atoms with Crippen LogP contribution in [0.25, 0.3) is 0 Å². The molecule has 0 nitrogen and oxygen atoms in total. The van der Waals surface area contributed by atoms with E-state index >= 15 is 0 Å². The highest BCUT2D eigenvalue weighted by molar-refractivity contribution is 9.10. The lowest BCUT2D eigenvalue weighted by Crippen LogP contribution is -1.90. The molecule has 0 saturated carbocycles. The molecule has 5 heteroatoms. The number of hydrogen-bond donors (Lipinski definition) is 0. The topological polar surface area (TPSA) is 0 Å². The predicted octanol–water partition coefficient (Wildman–Crippen LogP) is 6.61. The molecule has 0 saturated heterocycles. The van der Waals surface area contributed by atoms with Crippen LogP contribution in [0.1, 0.15) is 20.8 Å².